The number of rotatable bonds is 5. The van der Waals surface area contributed by atoms with Crippen molar-refractivity contribution in [3.05, 3.63) is 40.8 Å². The van der Waals surface area contributed by atoms with Crippen LogP contribution in [0.25, 0.3) is 11.1 Å². The number of hydrogen-bond acceptors (Lipinski definition) is 4. The third-order valence-electron chi connectivity index (χ3n) is 3.55. The molecule has 0 N–H and O–H groups in total. The Balaban J connectivity index is 2.18. The Hall–Kier alpha value is -1.33. The van der Waals surface area contributed by atoms with Crippen LogP contribution in [0.4, 0.5) is 0 Å². The zero-order valence-corrected chi connectivity index (χ0v) is 13.8. The summed E-state index contributed by atoms with van der Waals surface area (Å²) < 4.78 is 8.78. The minimum atomic E-state index is 0.667. The van der Waals surface area contributed by atoms with Gasteiger partial charge in [-0.1, -0.05) is 42.2 Å². The molecule has 0 unspecified atom stereocenters. The van der Waals surface area contributed by atoms with Gasteiger partial charge < -0.3 is 8.98 Å². The van der Waals surface area contributed by atoms with Crippen LogP contribution in [0, 0.1) is 4.64 Å². The molecular formula is C16H18N2OS2. The van der Waals surface area contributed by atoms with Crippen LogP contribution in [0.1, 0.15) is 24.7 Å². The lowest BCUT2D eigenvalue weighted by molar-refractivity contribution is 0.537. The average molecular weight is 318 g/mol. The van der Waals surface area contributed by atoms with Gasteiger partial charge in [0.25, 0.3) is 0 Å². The number of furan rings is 1. The molecule has 2 heterocycles. The van der Waals surface area contributed by atoms with Gasteiger partial charge in [-0.15, -0.1) is 6.58 Å². The molecule has 110 valence electrons. The first-order valence-corrected chi connectivity index (χ1v) is 8.44. The van der Waals surface area contributed by atoms with Gasteiger partial charge in [0.05, 0.1) is 5.39 Å². The lowest BCUT2D eigenvalue weighted by Crippen LogP contribution is -2.06. The fourth-order valence-corrected chi connectivity index (χ4v) is 3.92. The maximum Gasteiger partial charge on any atom is 0.231 e. The van der Waals surface area contributed by atoms with E-state index < -0.39 is 0 Å². The quantitative estimate of drug-likeness (QED) is 0.346. The number of aromatic nitrogens is 2. The van der Waals surface area contributed by atoms with Gasteiger partial charge >= 0.3 is 0 Å². The Morgan fingerprint density at radius 3 is 3.05 bits per heavy atom. The van der Waals surface area contributed by atoms with Crippen molar-refractivity contribution < 1.29 is 4.42 Å². The van der Waals surface area contributed by atoms with Gasteiger partial charge in [-0.05, 0) is 19.8 Å². The molecule has 0 aromatic carbocycles. The van der Waals surface area contributed by atoms with Gasteiger partial charge in [-0.2, -0.15) is 4.98 Å². The molecule has 2 aromatic heterocycles. The maximum absolute atomic E-state index is 5.92. The van der Waals surface area contributed by atoms with E-state index in [0.717, 1.165) is 51.5 Å². The number of allylic oxidation sites excluding steroid dienone is 1. The molecule has 0 bridgehead atoms. The van der Waals surface area contributed by atoms with E-state index >= 15 is 0 Å². The van der Waals surface area contributed by atoms with Crippen LogP contribution in [0.5, 0.6) is 0 Å². The van der Waals surface area contributed by atoms with E-state index in [9.17, 15) is 0 Å². The summed E-state index contributed by atoms with van der Waals surface area (Å²) in [4.78, 5) is 4.69. The second-order valence-corrected chi connectivity index (χ2v) is 6.71. The molecule has 0 atom stereocenters. The minimum absolute atomic E-state index is 0.667. The van der Waals surface area contributed by atoms with Crippen molar-refractivity contribution in [1.29, 1.82) is 0 Å². The summed E-state index contributed by atoms with van der Waals surface area (Å²) in [5, 5.41) is 1.90. The molecular weight excluding hydrogens is 300 g/mol. The SMILES string of the molecule is C=CCn1c(SCC(=C)C)nc2oc3c(c2c1=S)CCC3. The molecule has 21 heavy (non-hydrogen) atoms. The molecule has 0 fully saturated rings. The number of hydrogen-bond donors (Lipinski definition) is 0. The van der Waals surface area contributed by atoms with E-state index in [2.05, 4.69) is 13.2 Å². The molecule has 2 aromatic rings. The minimum Gasteiger partial charge on any atom is -0.442 e. The van der Waals surface area contributed by atoms with E-state index in [0.29, 0.717) is 12.3 Å². The number of fused-ring (bicyclic) bond motifs is 3. The predicted molar refractivity (Wildman–Crippen MR) is 90.6 cm³/mol. The van der Waals surface area contributed by atoms with Crippen molar-refractivity contribution in [3.63, 3.8) is 0 Å². The molecule has 1 aliphatic rings. The first-order valence-electron chi connectivity index (χ1n) is 7.05. The van der Waals surface area contributed by atoms with Crippen LogP contribution < -0.4 is 0 Å². The molecule has 3 nitrogen and oxygen atoms in total. The summed E-state index contributed by atoms with van der Waals surface area (Å²) in [6.45, 7) is 10.5. The standard InChI is InChI=1S/C16H18N2OS2/c1-4-8-18-15(20)13-11-6-5-7-12(11)19-14(13)17-16(18)21-9-10(2)3/h4H,1-2,5-9H2,3H3. The van der Waals surface area contributed by atoms with Gasteiger partial charge in [-0.3, -0.25) is 0 Å². The Kier molecular flexibility index (Phi) is 4.04. The normalized spacial score (nSPS) is 13.6. The zero-order valence-electron chi connectivity index (χ0n) is 12.1. The smallest absolute Gasteiger partial charge is 0.231 e. The van der Waals surface area contributed by atoms with E-state index in [4.69, 9.17) is 21.6 Å². The fraction of sp³-hybridized carbons (Fsp3) is 0.375. The second kappa shape index (κ2) is 5.81. The Morgan fingerprint density at radius 1 is 1.52 bits per heavy atom. The third-order valence-corrected chi connectivity index (χ3v) is 5.18. The predicted octanol–water partition coefficient (Wildman–Crippen LogP) is 4.70. The highest BCUT2D eigenvalue weighted by atomic mass is 32.2. The molecule has 3 rings (SSSR count). The summed E-state index contributed by atoms with van der Waals surface area (Å²) in [7, 11) is 0. The molecule has 1 aliphatic carbocycles. The first kappa shape index (κ1) is 14.6. The van der Waals surface area contributed by atoms with Crippen molar-refractivity contribution in [1.82, 2.24) is 9.55 Å². The van der Waals surface area contributed by atoms with Gasteiger partial charge in [-0.25, -0.2) is 0 Å². The summed E-state index contributed by atoms with van der Waals surface area (Å²) in [5.74, 6) is 1.89. The molecule has 5 heteroatoms. The highest BCUT2D eigenvalue weighted by Crippen LogP contribution is 2.34. The Morgan fingerprint density at radius 2 is 2.33 bits per heavy atom. The molecule has 0 radical (unpaired) electrons. The van der Waals surface area contributed by atoms with Crippen molar-refractivity contribution in [3.8, 4) is 0 Å². The average Bonchev–Trinajstić information content (AvgIpc) is 2.99. The van der Waals surface area contributed by atoms with E-state index in [1.807, 2.05) is 17.6 Å². The Bertz CT molecular complexity index is 786. The van der Waals surface area contributed by atoms with E-state index in [-0.39, 0.29) is 0 Å². The van der Waals surface area contributed by atoms with Crippen molar-refractivity contribution in [2.75, 3.05) is 5.75 Å². The lowest BCUT2D eigenvalue weighted by atomic mass is 10.2. The number of aryl methyl sites for hydroxylation is 2. The van der Waals surface area contributed by atoms with Crippen LogP contribution >= 0.6 is 24.0 Å². The van der Waals surface area contributed by atoms with Crippen molar-refractivity contribution in [2.45, 2.75) is 37.9 Å². The van der Waals surface area contributed by atoms with Crippen LogP contribution in [0.2, 0.25) is 0 Å². The van der Waals surface area contributed by atoms with Crippen LogP contribution in [-0.2, 0) is 19.4 Å². The highest BCUT2D eigenvalue weighted by molar-refractivity contribution is 7.99. The zero-order chi connectivity index (χ0) is 15.0. The van der Waals surface area contributed by atoms with E-state index in [1.54, 1.807) is 11.8 Å². The maximum atomic E-state index is 5.92. The first-order chi connectivity index (χ1) is 10.1. The van der Waals surface area contributed by atoms with E-state index in [1.165, 1.54) is 5.56 Å². The van der Waals surface area contributed by atoms with Crippen LogP contribution in [0.15, 0.2) is 34.4 Å². The summed E-state index contributed by atoms with van der Waals surface area (Å²) in [6, 6.07) is 0. The molecule has 0 amide bonds. The van der Waals surface area contributed by atoms with Crippen molar-refractivity contribution >= 4 is 35.1 Å². The summed E-state index contributed by atoms with van der Waals surface area (Å²) >= 11 is 7.34. The molecule has 0 aliphatic heterocycles. The molecule has 0 saturated heterocycles. The lowest BCUT2D eigenvalue weighted by Gasteiger charge is -2.11. The van der Waals surface area contributed by atoms with Gasteiger partial charge in [0.2, 0.25) is 5.71 Å². The molecule has 0 spiro atoms. The largest absolute Gasteiger partial charge is 0.442 e. The topological polar surface area (TPSA) is 31.0 Å². The van der Waals surface area contributed by atoms with Gasteiger partial charge in [0.15, 0.2) is 5.16 Å². The number of nitrogens with zero attached hydrogens (tertiary/aromatic N) is 2. The fourth-order valence-electron chi connectivity index (χ4n) is 2.65. The summed E-state index contributed by atoms with van der Waals surface area (Å²) in [6.07, 6.45) is 5.04. The van der Waals surface area contributed by atoms with Crippen LogP contribution in [0.3, 0.4) is 0 Å². The van der Waals surface area contributed by atoms with Gasteiger partial charge in [0.1, 0.15) is 10.4 Å². The van der Waals surface area contributed by atoms with Crippen LogP contribution in [-0.4, -0.2) is 15.3 Å². The van der Waals surface area contributed by atoms with Gasteiger partial charge in [0, 0.05) is 24.3 Å². The highest BCUT2D eigenvalue weighted by Gasteiger charge is 2.23. The third kappa shape index (κ3) is 2.60. The Labute approximate surface area is 133 Å². The monoisotopic (exact) mass is 318 g/mol. The van der Waals surface area contributed by atoms with Crippen molar-refractivity contribution in [2.24, 2.45) is 0 Å². The summed E-state index contributed by atoms with van der Waals surface area (Å²) in [5.41, 5.74) is 3.06. The second-order valence-electron chi connectivity index (χ2n) is 5.38. The molecule has 0 saturated carbocycles. The number of thioether (sulfide) groups is 1.